The van der Waals surface area contributed by atoms with Gasteiger partial charge in [0, 0.05) is 49.2 Å². The molecule has 1 aliphatic rings. The highest BCUT2D eigenvalue weighted by Crippen LogP contribution is 2.21. The molecular weight excluding hydrogens is 392 g/mol. The fourth-order valence-electron chi connectivity index (χ4n) is 3.80. The number of ether oxygens (including phenoxy) is 1. The molecule has 0 spiro atoms. The smallest absolute Gasteiger partial charge is 0.323 e. The molecule has 0 radical (unpaired) electrons. The predicted molar refractivity (Wildman–Crippen MR) is 125 cm³/mol. The first-order valence-corrected chi connectivity index (χ1v) is 10.9. The average Bonchev–Trinajstić information content (AvgIpc) is 2.81. The molecule has 0 aliphatic carbocycles. The SMILES string of the molecule is CCC(CC)C(=O)N1CCN(c2ccc(NC(=O)Nc3ccc(OC)cc3)cc2)CC1. The van der Waals surface area contributed by atoms with E-state index in [-0.39, 0.29) is 17.9 Å². The molecule has 1 heterocycles. The number of benzene rings is 2. The van der Waals surface area contributed by atoms with Crippen molar-refractivity contribution >= 4 is 29.0 Å². The van der Waals surface area contributed by atoms with Crippen LogP contribution in [0.2, 0.25) is 0 Å². The third-order valence-electron chi connectivity index (χ3n) is 5.76. The van der Waals surface area contributed by atoms with Gasteiger partial charge in [0.2, 0.25) is 5.91 Å². The van der Waals surface area contributed by atoms with E-state index >= 15 is 0 Å². The fraction of sp³-hybridized carbons (Fsp3) is 0.417. The Balaban J connectivity index is 1.50. The Kier molecular flexibility index (Phi) is 7.76. The highest BCUT2D eigenvalue weighted by molar-refractivity contribution is 5.99. The van der Waals surface area contributed by atoms with Gasteiger partial charge in [0.05, 0.1) is 7.11 Å². The number of carbonyl (C=O) groups is 2. The van der Waals surface area contributed by atoms with Crippen LogP contribution in [0.15, 0.2) is 48.5 Å². The van der Waals surface area contributed by atoms with Crippen LogP contribution in [0.1, 0.15) is 26.7 Å². The average molecular weight is 425 g/mol. The lowest BCUT2D eigenvalue weighted by Crippen LogP contribution is -2.50. The molecule has 0 aromatic heterocycles. The van der Waals surface area contributed by atoms with Crippen molar-refractivity contribution in [2.75, 3.05) is 48.8 Å². The molecule has 2 aromatic carbocycles. The van der Waals surface area contributed by atoms with Crippen LogP contribution in [-0.2, 0) is 4.79 Å². The Bertz CT molecular complexity index is 855. The molecule has 166 valence electrons. The zero-order valence-electron chi connectivity index (χ0n) is 18.6. The lowest BCUT2D eigenvalue weighted by molar-refractivity contribution is -0.136. The third-order valence-corrected chi connectivity index (χ3v) is 5.76. The van der Waals surface area contributed by atoms with Gasteiger partial charge >= 0.3 is 6.03 Å². The quantitative estimate of drug-likeness (QED) is 0.690. The van der Waals surface area contributed by atoms with E-state index in [1.165, 1.54) is 0 Å². The highest BCUT2D eigenvalue weighted by Gasteiger charge is 2.25. The summed E-state index contributed by atoms with van der Waals surface area (Å²) in [7, 11) is 1.60. The number of nitrogens with one attached hydrogen (secondary N) is 2. The fourth-order valence-corrected chi connectivity index (χ4v) is 3.80. The number of hydrogen-bond acceptors (Lipinski definition) is 4. The zero-order chi connectivity index (χ0) is 22.2. The summed E-state index contributed by atoms with van der Waals surface area (Å²) in [5, 5.41) is 5.64. The standard InChI is InChI=1S/C24H32N4O3/c1-4-18(5-2)23(29)28-16-14-27(15-17-28)21-10-6-19(7-11-21)25-24(30)26-20-8-12-22(31-3)13-9-20/h6-13,18H,4-5,14-17H2,1-3H3,(H2,25,26,30). The number of urea groups is 1. The van der Waals surface area contributed by atoms with Gasteiger partial charge in [-0.2, -0.15) is 0 Å². The predicted octanol–water partition coefficient (Wildman–Crippen LogP) is 4.42. The summed E-state index contributed by atoms with van der Waals surface area (Å²) in [4.78, 5) is 29.1. The molecule has 0 atom stereocenters. The number of methoxy groups -OCH3 is 1. The van der Waals surface area contributed by atoms with Gasteiger partial charge in [0.15, 0.2) is 0 Å². The summed E-state index contributed by atoms with van der Waals surface area (Å²) < 4.78 is 5.12. The van der Waals surface area contributed by atoms with Crippen LogP contribution in [0.4, 0.5) is 21.9 Å². The number of hydrogen-bond donors (Lipinski definition) is 2. The topological polar surface area (TPSA) is 73.9 Å². The summed E-state index contributed by atoms with van der Waals surface area (Å²) in [6.45, 7) is 7.29. The van der Waals surface area contributed by atoms with Crippen molar-refractivity contribution in [1.29, 1.82) is 0 Å². The number of rotatable bonds is 7. The van der Waals surface area contributed by atoms with Gasteiger partial charge in [-0.3, -0.25) is 4.79 Å². The summed E-state index contributed by atoms with van der Waals surface area (Å²) >= 11 is 0. The molecule has 7 nitrogen and oxygen atoms in total. The van der Waals surface area contributed by atoms with E-state index in [0.717, 1.165) is 56.1 Å². The molecule has 0 bridgehead atoms. The maximum Gasteiger partial charge on any atom is 0.323 e. The second kappa shape index (κ2) is 10.7. The Morgan fingerprint density at radius 3 is 1.87 bits per heavy atom. The van der Waals surface area contributed by atoms with E-state index in [1.807, 2.05) is 29.2 Å². The van der Waals surface area contributed by atoms with Crippen LogP contribution >= 0.6 is 0 Å². The minimum atomic E-state index is -0.300. The van der Waals surface area contributed by atoms with Gasteiger partial charge in [-0.05, 0) is 61.4 Å². The molecule has 1 aliphatic heterocycles. The highest BCUT2D eigenvalue weighted by atomic mass is 16.5. The Labute approximate surface area is 184 Å². The van der Waals surface area contributed by atoms with Crippen molar-refractivity contribution in [3.63, 3.8) is 0 Å². The monoisotopic (exact) mass is 424 g/mol. The molecule has 31 heavy (non-hydrogen) atoms. The third kappa shape index (κ3) is 5.90. The minimum absolute atomic E-state index is 0.140. The van der Waals surface area contributed by atoms with Gasteiger partial charge in [-0.15, -0.1) is 0 Å². The van der Waals surface area contributed by atoms with E-state index < -0.39 is 0 Å². The van der Waals surface area contributed by atoms with Crippen molar-refractivity contribution in [1.82, 2.24) is 4.90 Å². The summed E-state index contributed by atoms with van der Waals surface area (Å²) in [5.41, 5.74) is 2.50. The molecule has 3 amide bonds. The number of amides is 3. The van der Waals surface area contributed by atoms with Crippen LogP contribution < -0.4 is 20.3 Å². The van der Waals surface area contributed by atoms with Gasteiger partial charge in [0.1, 0.15) is 5.75 Å². The molecule has 2 aromatic rings. The van der Waals surface area contributed by atoms with Crippen molar-refractivity contribution in [3.05, 3.63) is 48.5 Å². The molecule has 1 fully saturated rings. The van der Waals surface area contributed by atoms with E-state index in [1.54, 1.807) is 31.4 Å². The van der Waals surface area contributed by atoms with Gasteiger partial charge in [0.25, 0.3) is 0 Å². The van der Waals surface area contributed by atoms with E-state index in [2.05, 4.69) is 29.4 Å². The van der Waals surface area contributed by atoms with Crippen LogP contribution in [0, 0.1) is 5.92 Å². The molecule has 7 heteroatoms. The lowest BCUT2D eigenvalue weighted by atomic mass is 10.0. The first kappa shape index (κ1) is 22.5. The molecular formula is C24H32N4O3. The summed E-state index contributed by atoms with van der Waals surface area (Å²) in [5.74, 6) is 1.16. The summed E-state index contributed by atoms with van der Waals surface area (Å²) in [6.07, 6.45) is 1.80. The lowest BCUT2D eigenvalue weighted by Gasteiger charge is -2.37. The van der Waals surface area contributed by atoms with Crippen LogP contribution in [-0.4, -0.2) is 50.1 Å². The molecule has 3 rings (SSSR count). The van der Waals surface area contributed by atoms with Gasteiger partial charge in [-0.1, -0.05) is 13.8 Å². The van der Waals surface area contributed by atoms with Crippen molar-refractivity contribution < 1.29 is 14.3 Å². The maximum absolute atomic E-state index is 12.6. The van der Waals surface area contributed by atoms with Crippen LogP contribution in [0.3, 0.4) is 0 Å². The largest absolute Gasteiger partial charge is 0.497 e. The van der Waals surface area contributed by atoms with Crippen molar-refractivity contribution in [2.45, 2.75) is 26.7 Å². The number of carbonyl (C=O) groups excluding carboxylic acids is 2. The van der Waals surface area contributed by atoms with Crippen LogP contribution in [0.5, 0.6) is 5.75 Å². The maximum atomic E-state index is 12.6. The van der Waals surface area contributed by atoms with E-state index in [0.29, 0.717) is 5.69 Å². The molecule has 0 unspecified atom stereocenters. The van der Waals surface area contributed by atoms with E-state index in [4.69, 9.17) is 4.74 Å². The normalized spacial score (nSPS) is 13.8. The number of nitrogens with zero attached hydrogens (tertiary/aromatic N) is 2. The Morgan fingerprint density at radius 1 is 0.871 bits per heavy atom. The Hall–Kier alpha value is -3.22. The first-order valence-electron chi connectivity index (χ1n) is 10.9. The Morgan fingerprint density at radius 2 is 1.39 bits per heavy atom. The summed E-state index contributed by atoms with van der Waals surface area (Å²) in [6, 6.07) is 14.7. The van der Waals surface area contributed by atoms with Gasteiger partial charge in [-0.25, -0.2) is 4.79 Å². The van der Waals surface area contributed by atoms with E-state index in [9.17, 15) is 9.59 Å². The molecule has 0 saturated carbocycles. The van der Waals surface area contributed by atoms with Crippen molar-refractivity contribution in [3.8, 4) is 5.75 Å². The zero-order valence-corrected chi connectivity index (χ0v) is 18.6. The minimum Gasteiger partial charge on any atom is -0.497 e. The number of piperazine rings is 1. The number of anilines is 3. The second-order valence-electron chi connectivity index (χ2n) is 7.68. The van der Waals surface area contributed by atoms with Gasteiger partial charge < -0.3 is 25.2 Å². The van der Waals surface area contributed by atoms with Crippen LogP contribution in [0.25, 0.3) is 0 Å². The van der Waals surface area contributed by atoms with Crippen molar-refractivity contribution in [2.24, 2.45) is 5.92 Å². The first-order chi connectivity index (χ1) is 15.0. The second-order valence-corrected chi connectivity index (χ2v) is 7.68. The molecule has 2 N–H and O–H groups in total. The molecule has 1 saturated heterocycles.